The number of benzene rings is 15. The SMILES string of the molecule is CC(C)(c1ccc(Oc2ccc(N)cc2)cc1)c1ccc(Oc2ccc(N)cc2)cc1.CC(C)(c1ccc(Oc2ccc(N)cc2)cc1)c1ccc(Oc2ccc(N)cc2)cc1.CC(C)(c1ccc(Oc2ccc(N)cc2)cc1)c1ccc(Oc2ccc(N)cc2)cc1.NCCCCN.Nc1ccc(Cc2ccc(N)cc2)cc1.Nc1ccc(N)cc1. The second kappa shape index (κ2) is 43.5. The van der Waals surface area contributed by atoms with Gasteiger partial charge in [0.1, 0.15) is 69.0 Å². The van der Waals surface area contributed by atoms with Gasteiger partial charge in [0, 0.05) is 73.1 Å². The van der Waals surface area contributed by atoms with Gasteiger partial charge in [-0.2, -0.15) is 0 Å². The number of nitrogens with two attached hydrogens (primary N) is 12. The Labute approximate surface area is 717 Å². The van der Waals surface area contributed by atoms with Crippen molar-refractivity contribution in [2.75, 3.05) is 70.4 Å². The summed E-state index contributed by atoms with van der Waals surface area (Å²) in [4.78, 5) is 0. The van der Waals surface area contributed by atoms with Crippen LogP contribution in [0.5, 0.6) is 69.0 Å². The summed E-state index contributed by atoms with van der Waals surface area (Å²) in [6.07, 6.45) is 3.05. The highest BCUT2D eigenvalue weighted by Gasteiger charge is 2.26. The maximum absolute atomic E-state index is 5.91. The van der Waals surface area contributed by atoms with Crippen LogP contribution in [0.25, 0.3) is 0 Å². The highest BCUT2D eigenvalue weighted by Crippen LogP contribution is 2.39. The minimum absolute atomic E-state index is 0.167. The van der Waals surface area contributed by atoms with Crippen molar-refractivity contribution < 1.29 is 28.4 Å². The summed E-state index contributed by atoms with van der Waals surface area (Å²) in [7, 11) is 0. The fourth-order valence-electron chi connectivity index (χ4n) is 12.5. The third-order valence-corrected chi connectivity index (χ3v) is 20.1. The quantitative estimate of drug-likeness (QED) is 0.0209. The van der Waals surface area contributed by atoms with Crippen LogP contribution in [-0.4, -0.2) is 13.1 Å². The summed E-state index contributed by atoms with van der Waals surface area (Å²) < 4.78 is 35.4. The number of hydrogen-bond acceptors (Lipinski definition) is 18. The minimum Gasteiger partial charge on any atom is -0.457 e. The van der Waals surface area contributed by atoms with Gasteiger partial charge >= 0.3 is 0 Å². The molecule has 0 heterocycles. The second-order valence-corrected chi connectivity index (χ2v) is 30.7. The molecule has 18 nitrogen and oxygen atoms in total. The predicted molar refractivity (Wildman–Crippen MR) is 508 cm³/mol. The molecule has 0 fully saturated rings. The molecule has 15 aromatic carbocycles. The number of unbranched alkanes of at least 4 members (excludes halogenated alkanes) is 1. The number of hydrogen-bond donors (Lipinski definition) is 12. The van der Waals surface area contributed by atoms with Crippen LogP contribution in [0.15, 0.2) is 364 Å². The molecule has 0 aliphatic heterocycles. The summed E-state index contributed by atoms with van der Waals surface area (Å²) in [5.74, 6) is 9.30. The first kappa shape index (κ1) is 89.4. The van der Waals surface area contributed by atoms with E-state index in [9.17, 15) is 0 Å². The molecule has 0 saturated heterocycles. The van der Waals surface area contributed by atoms with Crippen molar-refractivity contribution in [2.45, 2.75) is 77.0 Å². The molecule has 0 saturated carbocycles. The van der Waals surface area contributed by atoms with Crippen molar-refractivity contribution in [3.8, 4) is 69.0 Å². The van der Waals surface area contributed by atoms with Gasteiger partial charge in [0.15, 0.2) is 0 Å². The van der Waals surface area contributed by atoms with Crippen LogP contribution < -0.4 is 97.2 Å². The molecule has 0 amide bonds. The van der Waals surface area contributed by atoms with Crippen molar-refractivity contribution >= 4 is 56.9 Å². The largest absolute Gasteiger partial charge is 0.457 e. The first-order valence-electron chi connectivity index (χ1n) is 40.2. The molecule has 0 unspecified atom stereocenters. The molecule has 624 valence electrons. The average molecular weight is 1630 g/mol. The lowest BCUT2D eigenvalue weighted by Crippen LogP contribution is -2.18. The normalized spacial score (nSPS) is 10.8. The lowest BCUT2D eigenvalue weighted by molar-refractivity contribution is 0.480. The van der Waals surface area contributed by atoms with Gasteiger partial charge in [-0.1, -0.05) is 139 Å². The smallest absolute Gasteiger partial charge is 0.127 e. The van der Waals surface area contributed by atoms with Crippen LogP contribution in [0.2, 0.25) is 0 Å². The summed E-state index contributed by atoms with van der Waals surface area (Å²) >= 11 is 0. The molecular weight excluding hydrogens is 1510 g/mol. The minimum atomic E-state index is -0.167. The fourth-order valence-corrected chi connectivity index (χ4v) is 12.5. The zero-order chi connectivity index (χ0) is 87.0. The van der Waals surface area contributed by atoms with E-state index in [1.54, 1.807) is 24.3 Å². The summed E-state index contributed by atoms with van der Waals surface area (Å²) in [6, 6.07) is 116. The number of rotatable bonds is 23. The summed E-state index contributed by atoms with van der Waals surface area (Å²) in [5, 5.41) is 0. The van der Waals surface area contributed by atoms with Crippen LogP contribution >= 0.6 is 0 Å². The predicted octanol–water partition coefficient (Wildman–Crippen LogP) is 23.3. The third-order valence-electron chi connectivity index (χ3n) is 20.1. The molecular formula is C104H112N12O6. The maximum Gasteiger partial charge on any atom is 0.127 e. The van der Waals surface area contributed by atoms with E-state index in [-0.39, 0.29) is 16.2 Å². The van der Waals surface area contributed by atoms with Crippen LogP contribution in [0.4, 0.5) is 56.9 Å². The van der Waals surface area contributed by atoms with Crippen LogP contribution in [0.1, 0.15) is 98.9 Å². The maximum atomic E-state index is 5.91. The van der Waals surface area contributed by atoms with Crippen molar-refractivity contribution in [3.63, 3.8) is 0 Å². The van der Waals surface area contributed by atoms with Gasteiger partial charge in [0.2, 0.25) is 0 Å². The van der Waals surface area contributed by atoms with E-state index >= 15 is 0 Å². The topological polar surface area (TPSA) is 368 Å². The number of anilines is 10. The van der Waals surface area contributed by atoms with Crippen LogP contribution in [-0.2, 0) is 22.7 Å². The Hall–Kier alpha value is -15.0. The van der Waals surface area contributed by atoms with Gasteiger partial charge in [0.25, 0.3) is 0 Å². The molecule has 18 heteroatoms. The second-order valence-electron chi connectivity index (χ2n) is 30.7. The van der Waals surface area contributed by atoms with E-state index in [4.69, 9.17) is 97.2 Å². The van der Waals surface area contributed by atoms with E-state index in [0.29, 0.717) is 34.1 Å². The lowest BCUT2D eigenvalue weighted by Gasteiger charge is -2.26. The standard InChI is InChI=1S/3C27H26N2O2.C13H14N2.C6H8N2.C4H12N2/c3*1-27(2,19-3-11-23(12-4-19)30-25-15-7-21(28)8-16-25)20-5-13-24(14-6-20)31-26-17-9-22(29)10-18-26;14-12-5-1-10(2-6-12)9-11-3-7-13(15)8-4-11;7-5-1-2-6(8)4-3-5;5-3-1-2-4-6/h3*3-18H,28-29H2,1-2H3;1-8H,9,14-15H2;1-4H,7-8H2;1-6H2. The van der Waals surface area contributed by atoms with Crippen molar-refractivity contribution in [2.24, 2.45) is 11.5 Å². The van der Waals surface area contributed by atoms with E-state index < -0.39 is 0 Å². The Bertz CT molecular complexity index is 4800. The molecule has 0 aromatic heterocycles. The van der Waals surface area contributed by atoms with Gasteiger partial charge in [-0.3, -0.25) is 0 Å². The van der Waals surface area contributed by atoms with E-state index in [1.807, 2.05) is 267 Å². The van der Waals surface area contributed by atoms with Crippen LogP contribution in [0.3, 0.4) is 0 Å². The Balaban J connectivity index is 0.000000165. The van der Waals surface area contributed by atoms with Gasteiger partial charge in [-0.05, 0) is 344 Å². The Morgan fingerprint density at radius 2 is 0.270 bits per heavy atom. The first-order valence-corrected chi connectivity index (χ1v) is 40.2. The van der Waals surface area contributed by atoms with Crippen molar-refractivity contribution in [3.05, 3.63) is 408 Å². The molecule has 15 aromatic rings. The third kappa shape index (κ3) is 27.8. The molecule has 0 radical (unpaired) electrons. The highest BCUT2D eigenvalue weighted by molar-refractivity contribution is 5.54. The molecule has 0 spiro atoms. The van der Waals surface area contributed by atoms with Crippen molar-refractivity contribution in [1.82, 2.24) is 0 Å². The van der Waals surface area contributed by atoms with Gasteiger partial charge in [0.05, 0.1) is 0 Å². The van der Waals surface area contributed by atoms with Crippen LogP contribution in [0, 0.1) is 0 Å². The Morgan fingerprint density at radius 1 is 0.164 bits per heavy atom. The van der Waals surface area contributed by atoms with Gasteiger partial charge in [-0.15, -0.1) is 0 Å². The van der Waals surface area contributed by atoms with E-state index in [2.05, 4.69) is 114 Å². The monoisotopic (exact) mass is 1620 g/mol. The molecule has 0 bridgehead atoms. The Morgan fingerprint density at radius 3 is 0.393 bits per heavy atom. The molecule has 122 heavy (non-hydrogen) atoms. The molecule has 24 N–H and O–H groups in total. The number of ether oxygens (including phenoxy) is 6. The zero-order valence-electron chi connectivity index (χ0n) is 70.1. The van der Waals surface area contributed by atoms with E-state index in [1.165, 1.54) is 44.5 Å². The average Bonchev–Trinajstić information content (AvgIpc) is 0.807. The first-order chi connectivity index (χ1) is 58.6. The highest BCUT2D eigenvalue weighted by atomic mass is 16.5. The molecule has 15 rings (SSSR count). The molecule has 0 aliphatic rings. The number of nitrogen functional groups attached to an aromatic ring is 10. The van der Waals surface area contributed by atoms with Gasteiger partial charge < -0.3 is 97.2 Å². The zero-order valence-corrected chi connectivity index (χ0v) is 70.1. The summed E-state index contributed by atoms with van der Waals surface area (Å²) in [5.41, 5.74) is 83.3. The van der Waals surface area contributed by atoms with E-state index in [0.717, 1.165) is 124 Å². The molecule has 0 atom stereocenters. The molecule has 0 aliphatic carbocycles. The Kier molecular flexibility index (Phi) is 31.8. The fraction of sp³-hybridized carbons (Fsp3) is 0.135. The van der Waals surface area contributed by atoms with Crippen molar-refractivity contribution in [1.29, 1.82) is 0 Å². The summed E-state index contributed by atoms with van der Waals surface area (Å²) in [6.45, 7) is 14.8. The lowest BCUT2D eigenvalue weighted by atomic mass is 9.78. The van der Waals surface area contributed by atoms with Gasteiger partial charge in [-0.25, -0.2) is 0 Å².